The Morgan fingerprint density at radius 1 is 1.14 bits per heavy atom. The summed E-state index contributed by atoms with van der Waals surface area (Å²) >= 11 is 6.36. The van der Waals surface area contributed by atoms with E-state index in [1.807, 2.05) is 18.2 Å². The highest BCUT2D eigenvalue weighted by Gasteiger charge is 2.24. The molecule has 0 radical (unpaired) electrons. The first-order chi connectivity index (χ1) is 13.5. The number of fused-ring (bicyclic) bond motifs is 1. The van der Waals surface area contributed by atoms with Gasteiger partial charge in [0.25, 0.3) is 0 Å². The van der Waals surface area contributed by atoms with Crippen molar-refractivity contribution in [1.29, 1.82) is 0 Å². The molecule has 1 heterocycles. The van der Waals surface area contributed by atoms with Crippen LogP contribution in [0.2, 0.25) is 5.02 Å². The molecule has 3 aromatic rings. The Kier molecular flexibility index (Phi) is 5.23. The highest BCUT2D eigenvalue weighted by molar-refractivity contribution is 6.33. The number of benzene rings is 2. The Morgan fingerprint density at radius 2 is 1.96 bits per heavy atom. The standard InChI is InChI=1S/C23H21ClO4/c1-14-5-4-7-17(11-14)27-22(25)18-10-9-15(13-20(18)24)19-12-16-6-2-3-8-21(16)28-23(19)26/h2-3,6,8-10,12-14,17H,4-5,7,11H2,1H3/t14-,17+/m1/s1. The lowest BCUT2D eigenvalue weighted by molar-refractivity contribution is 0.0155. The maximum Gasteiger partial charge on any atom is 0.344 e. The maximum absolute atomic E-state index is 12.5. The zero-order valence-electron chi connectivity index (χ0n) is 15.6. The van der Waals surface area contributed by atoms with E-state index in [4.69, 9.17) is 20.8 Å². The molecule has 5 heteroatoms. The molecule has 2 atom stereocenters. The van der Waals surface area contributed by atoms with Crippen LogP contribution in [0.4, 0.5) is 0 Å². The second kappa shape index (κ2) is 7.80. The summed E-state index contributed by atoms with van der Waals surface area (Å²) in [6, 6.07) is 14.0. The zero-order chi connectivity index (χ0) is 19.7. The third-order valence-corrected chi connectivity index (χ3v) is 5.62. The Bertz CT molecular complexity index is 1090. The Hall–Kier alpha value is -2.59. The molecule has 0 saturated heterocycles. The van der Waals surface area contributed by atoms with Gasteiger partial charge < -0.3 is 9.15 Å². The Labute approximate surface area is 168 Å². The van der Waals surface area contributed by atoms with E-state index in [0.717, 1.165) is 24.6 Å². The first-order valence-electron chi connectivity index (χ1n) is 9.55. The second-order valence-electron chi connectivity index (χ2n) is 7.48. The Morgan fingerprint density at radius 3 is 2.75 bits per heavy atom. The van der Waals surface area contributed by atoms with Gasteiger partial charge in [-0.15, -0.1) is 0 Å². The maximum atomic E-state index is 12.5. The molecule has 0 spiro atoms. The molecule has 0 unspecified atom stereocenters. The molecule has 2 aromatic carbocycles. The molecule has 1 fully saturated rings. The fourth-order valence-corrected chi connectivity index (χ4v) is 4.07. The van der Waals surface area contributed by atoms with Crippen LogP contribution in [-0.4, -0.2) is 12.1 Å². The summed E-state index contributed by atoms with van der Waals surface area (Å²) in [7, 11) is 0. The zero-order valence-corrected chi connectivity index (χ0v) is 16.4. The molecule has 1 aliphatic carbocycles. The number of carbonyl (C=O) groups excluding carboxylic acids is 1. The van der Waals surface area contributed by atoms with Crippen molar-refractivity contribution < 1.29 is 13.9 Å². The SMILES string of the molecule is C[C@@H]1CCC[C@H](OC(=O)c2ccc(-c3cc4ccccc4oc3=O)cc2Cl)C1. The van der Waals surface area contributed by atoms with Crippen molar-refractivity contribution >= 4 is 28.5 Å². The minimum absolute atomic E-state index is 0.0560. The lowest BCUT2D eigenvalue weighted by Gasteiger charge is -2.26. The number of esters is 1. The van der Waals surface area contributed by atoms with Crippen molar-refractivity contribution in [1.82, 2.24) is 0 Å². The van der Waals surface area contributed by atoms with Crippen molar-refractivity contribution in [3.63, 3.8) is 0 Å². The van der Waals surface area contributed by atoms with Crippen molar-refractivity contribution in [3.05, 3.63) is 69.5 Å². The molecule has 0 amide bonds. The summed E-state index contributed by atoms with van der Waals surface area (Å²) in [5.41, 5.74) is 1.41. The number of hydrogen-bond acceptors (Lipinski definition) is 4. The van der Waals surface area contributed by atoms with Crippen LogP contribution in [0, 0.1) is 5.92 Å². The van der Waals surface area contributed by atoms with E-state index in [1.165, 1.54) is 6.42 Å². The van der Waals surface area contributed by atoms with Gasteiger partial charge >= 0.3 is 11.6 Å². The molecular weight excluding hydrogens is 376 g/mol. The van der Waals surface area contributed by atoms with E-state index >= 15 is 0 Å². The third kappa shape index (κ3) is 3.83. The van der Waals surface area contributed by atoms with Crippen LogP contribution in [0.3, 0.4) is 0 Å². The number of ether oxygens (including phenoxy) is 1. The van der Waals surface area contributed by atoms with Crippen molar-refractivity contribution in [3.8, 4) is 11.1 Å². The van der Waals surface area contributed by atoms with Gasteiger partial charge in [-0.05, 0) is 55.0 Å². The van der Waals surface area contributed by atoms with Crippen molar-refractivity contribution in [2.24, 2.45) is 5.92 Å². The van der Waals surface area contributed by atoms with Crippen LogP contribution < -0.4 is 5.63 Å². The number of carbonyl (C=O) groups is 1. The molecular formula is C23H21ClO4. The topological polar surface area (TPSA) is 56.5 Å². The van der Waals surface area contributed by atoms with E-state index in [2.05, 4.69) is 6.92 Å². The van der Waals surface area contributed by atoms with E-state index < -0.39 is 11.6 Å². The van der Waals surface area contributed by atoms with Crippen molar-refractivity contribution in [2.75, 3.05) is 0 Å². The lowest BCUT2D eigenvalue weighted by atomic mass is 9.89. The van der Waals surface area contributed by atoms with E-state index in [1.54, 1.807) is 30.3 Å². The third-order valence-electron chi connectivity index (χ3n) is 5.30. The quantitative estimate of drug-likeness (QED) is 0.411. The normalized spacial score (nSPS) is 19.5. The number of rotatable bonds is 3. The van der Waals surface area contributed by atoms with Gasteiger partial charge in [0.1, 0.15) is 11.7 Å². The molecule has 1 aromatic heterocycles. The average molecular weight is 397 g/mol. The van der Waals surface area contributed by atoms with Crippen LogP contribution in [0.25, 0.3) is 22.1 Å². The van der Waals surface area contributed by atoms with Crippen LogP contribution in [0.1, 0.15) is 43.0 Å². The summed E-state index contributed by atoms with van der Waals surface area (Å²) in [6.07, 6.45) is 3.98. The monoisotopic (exact) mass is 396 g/mol. The van der Waals surface area contributed by atoms with Crippen LogP contribution in [0.5, 0.6) is 0 Å². The first-order valence-corrected chi connectivity index (χ1v) is 9.93. The van der Waals surface area contributed by atoms with Crippen molar-refractivity contribution in [2.45, 2.75) is 38.7 Å². The van der Waals surface area contributed by atoms with Gasteiger partial charge in [-0.3, -0.25) is 0 Å². The molecule has 1 saturated carbocycles. The number of hydrogen-bond donors (Lipinski definition) is 0. The summed E-state index contributed by atoms with van der Waals surface area (Å²) in [5, 5.41) is 1.09. The molecule has 144 valence electrons. The summed E-state index contributed by atoms with van der Waals surface area (Å²) < 4.78 is 11.0. The highest BCUT2D eigenvalue weighted by Crippen LogP contribution is 2.29. The molecule has 0 aliphatic heterocycles. The van der Waals surface area contributed by atoms with Gasteiger partial charge in [0.05, 0.1) is 16.1 Å². The predicted octanol–water partition coefficient (Wildman–Crippen LogP) is 5.85. The van der Waals surface area contributed by atoms with E-state index in [0.29, 0.717) is 28.2 Å². The molecule has 0 N–H and O–H groups in total. The average Bonchev–Trinajstić information content (AvgIpc) is 2.67. The second-order valence-corrected chi connectivity index (χ2v) is 7.89. The molecule has 1 aliphatic rings. The smallest absolute Gasteiger partial charge is 0.344 e. The van der Waals surface area contributed by atoms with Crippen LogP contribution in [-0.2, 0) is 4.74 Å². The summed E-state index contributed by atoms with van der Waals surface area (Å²) in [6.45, 7) is 2.18. The van der Waals surface area contributed by atoms with E-state index in [-0.39, 0.29) is 11.1 Å². The molecule has 4 rings (SSSR count). The molecule has 4 nitrogen and oxygen atoms in total. The van der Waals surface area contributed by atoms with Gasteiger partial charge in [-0.2, -0.15) is 0 Å². The predicted molar refractivity (Wildman–Crippen MR) is 110 cm³/mol. The van der Waals surface area contributed by atoms with Gasteiger partial charge in [-0.1, -0.05) is 49.2 Å². The van der Waals surface area contributed by atoms with Gasteiger partial charge in [0.2, 0.25) is 0 Å². The Balaban J connectivity index is 1.60. The number of para-hydroxylation sites is 1. The van der Waals surface area contributed by atoms with Gasteiger partial charge in [0, 0.05) is 5.39 Å². The van der Waals surface area contributed by atoms with Crippen LogP contribution >= 0.6 is 11.6 Å². The highest BCUT2D eigenvalue weighted by atomic mass is 35.5. The minimum Gasteiger partial charge on any atom is -0.459 e. The van der Waals surface area contributed by atoms with Crippen LogP contribution in [0.15, 0.2) is 57.7 Å². The largest absolute Gasteiger partial charge is 0.459 e. The first kappa shape index (κ1) is 18.8. The molecule has 0 bridgehead atoms. The van der Waals surface area contributed by atoms with E-state index in [9.17, 15) is 9.59 Å². The minimum atomic E-state index is -0.443. The fourth-order valence-electron chi connectivity index (χ4n) is 3.81. The lowest BCUT2D eigenvalue weighted by Crippen LogP contribution is -2.24. The van der Waals surface area contributed by atoms with Gasteiger partial charge in [-0.25, -0.2) is 9.59 Å². The molecule has 28 heavy (non-hydrogen) atoms. The summed E-state index contributed by atoms with van der Waals surface area (Å²) in [5.74, 6) is 0.151. The van der Waals surface area contributed by atoms with Gasteiger partial charge in [0.15, 0.2) is 0 Å². The summed E-state index contributed by atoms with van der Waals surface area (Å²) in [4.78, 5) is 24.9. The fraction of sp³-hybridized carbons (Fsp3) is 0.304. The number of halogens is 1.